The van der Waals surface area contributed by atoms with Gasteiger partial charge in [0, 0.05) is 17.8 Å². The Labute approximate surface area is 155 Å². The molecule has 27 heavy (non-hydrogen) atoms. The molecule has 7 nitrogen and oxygen atoms in total. The highest BCUT2D eigenvalue weighted by Crippen LogP contribution is 2.13. The Bertz CT molecular complexity index is 943. The highest BCUT2D eigenvalue weighted by Gasteiger charge is 2.15. The summed E-state index contributed by atoms with van der Waals surface area (Å²) in [4.78, 5) is 28.2. The summed E-state index contributed by atoms with van der Waals surface area (Å²) >= 11 is 0. The molecule has 2 amide bonds. The summed E-state index contributed by atoms with van der Waals surface area (Å²) in [6.07, 6.45) is 2.85. The van der Waals surface area contributed by atoms with Gasteiger partial charge in [-0.05, 0) is 42.8 Å². The smallest absolute Gasteiger partial charge is 0.255 e. The number of hydrogen-bond donors (Lipinski definition) is 2. The van der Waals surface area contributed by atoms with Crippen LogP contribution in [0.3, 0.4) is 0 Å². The molecule has 1 heterocycles. The lowest BCUT2D eigenvalue weighted by Gasteiger charge is -2.13. The van der Waals surface area contributed by atoms with Crippen molar-refractivity contribution in [3.8, 4) is 0 Å². The van der Waals surface area contributed by atoms with Gasteiger partial charge in [-0.15, -0.1) is 0 Å². The number of nitrogens with one attached hydrogen (secondary N) is 2. The molecule has 0 bridgehead atoms. The molecule has 1 aromatic heterocycles. The first kappa shape index (κ1) is 18.2. The fourth-order valence-corrected chi connectivity index (χ4v) is 2.47. The van der Waals surface area contributed by atoms with Crippen molar-refractivity contribution in [2.75, 3.05) is 5.32 Å². The molecule has 0 aliphatic rings. The molecule has 0 saturated carbocycles. The summed E-state index contributed by atoms with van der Waals surface area (Å²) in [5.41, 5.74) is 1.60. The van der Waals surface area contributed by atoms with Gasteiger partial charge in [-0.2, -0.15) is 5.10 Å². The van der Waals surface area contributed by atoms with Gasteiger partial charge in [0.05, 0.1) is 0 Å². The SMILES string of the molecule is C[C@@H](C(=O)NCc1cccc(NC(=O)c2cccc(F)c2)c1)n1cncn1. The van der Waals surface area contributed by atoms with E-state index in [1.165, 1.54) is 41.6 Å². The van der Waals surface area contributed by atoms with Gasteiger partial charge in [0.1, 0.15) is 24.5 Å². The number of benzene rings is 2. The first-order valence-corrected chi connectivity index (χ1v) is 8.30. The largest absolute Gasteiger partial charge is 0.350 e. The van der Waals surface area contributed by atoms with E-state index >= 15 is 0 Å². The molecule has 0 spiro atoms. The van der Waals surface area contributed by atoms with Crippen molar-refractivity contribution in [2.24, 2.45) is 0 Å². The van der Waals surface area contributed by atoms with Crippen molar-refractivity contribution in [1.82, 2.24) is 20.1 Å². The minimum Gasteiger partial charge on any atom is -0.350 e. The van der Waals surface area contributed by atoms with Crippen molar-refractivity contribution < 1.29 is 14.0 Å². The number of aromatic nitrogens is 3. The second kappa shape index (κ2) is 8.22. The Kier molecular flexibility index (Phi) is 5.55. The van der Waals surface area contributed by atoms with Crippen LogP contribution in [0.5, 0.6) is 0 Å². The Balaban J connectivity index is 1.60. The number of carbonyl (C=O) groups is 2. The van der Waals surface area contributed by atoms with Crippen molar-refractivity contribution >= 4 is 17.5 Å². The molecule has 0 aliphatic heterocycles. The van der Waals surface area contributed by atoms with Gasteiger partial charge in [-0.25, -0.2) is 14.1 Å². The van der Waals surface area contributed by atoms with Crippen LogP contribution in [0.2, 0.25) is 0 Å². The average Bonchev–Trinajstić information content (AvgIpc) is 3.20. The molecule has 8 heteroatoms. The van der Waals surface area contributed by atoms with Gasteiger partial charge in [-0.1, -0.05) is 18.2 Å². The Morgan fingerprint density at radius 1 is 1.19 bits per heavy atom. The third-order valence-electron chi connectivity index (χ3n) is 3.95. The maximum absolute atomic E-state index is 13.2. The van der Waals surface area contributed by atoms with E-state index in [1.54, 1.807) is 25.1 Å². The van der Waals surface area contributed by atoms with Crippen LogP contribution in [0, 0.1) is 5.82 Å². The zero-order valence-corrected chi connectivity index (χ0v) is 14.6. The Hall–Kier alpha value is -3.55. The number of nitrogens with zero attached hydrogens (tertiary/aromatic N) is 3. The monoisotopic (exact) mass is 367 g/mol. The summed E-state index contributed by atoms with van der Waals surface area (Å²) in [6, 6.07) is 12.1. The molecule has 0 saturated heterocycles. The summed E-state index contributed by atoms with van der Waals surface area (Å²) in [6.45, 7) is 2.02. The number of amides is 2. The quantitative estimate of drug-likeness (QED) is 0.701. The van der Waals surface area contributed by atoms with Crippen LogP contribution in [0.15, 0.2) is 61.2 Å². The lowest BCUT2D eigenvalue weighted by molar-refractivity contribution is -0.124. The molecule has 0 unspecified atom stereocenters. The fraction of sp³-hybridized carbons (Fsp3) is 0.158. The second-order valence-electron chi connectivity index (χ2n) is 5.93. The summed E-state index contributed by atoms with van der Waals surface area (Å²) in [5.74, 6) is -1.08. The molecule has 3 rings (SSSR count). The fourth-order valence-electron chi connectivity index (χ4n) is 2.47. The van der Waals surface area contributed by atoms with Gasteiger partial charge < -0.3 is 10.6 Å². The molecule has 0 aliphatic carbocycles. The minimum atomic E-state index is -0.483. The lowest BCUT2D eigenvalue weighted by atomic mass is 10.1. The molecule has 0 fully saturated rings. The number of anilines is 1. The molecule has 1 atom stereocenters. The predicted octanol–water partition coefficient (Wildman–Crippen LogP) is 2.55. The predicted molar refractivity (Wildman–Crippen MR) is 97.4 cm³/mol. The van der Waals surface area contributed by atoms with Crippen molar-refractivity contribution in [3.63, 3.8) is 0 Å². The normalized spacial score (nSPS) is 11.6. The zero-order chi connectivity index (χ0) is 19.2. The summed E-state index contributed by atoms with van der Waals surface area (Å²) < 4.78 is 14.7. The first-order valence-electron chi connectivity index (χ1n) is 8.30. The molecular weight excluding hydrogens is 349 g/mol. The molecule has 138 valence electrons. The van der Waals surface area contributed by atoms with Crippen LogP contribution in [-0.4, -0.2) is 26.6 Å². The molecule has 2 aromatic carbocycles. The van der Waals surface area contributed by atoms with Crippen LogP contribution in [0.1, 0.15) is 28.9 Å². The number of hydrogen-bond acceptors (Lipinski definition) is 4. The third kappa shape index (κ3) is 4.75. The van der Waals surface area contributed by atoms with E-state index in [0.29, 0.717) is 12.2 Å². The van der Waals surface area contributed by atoms with Crippen molar-refractivity contribution in [1.29, 1.82) is 0 Å². The van der Waals surface area contributed by atoms with E-state index in [1.807, 2.05) is 6.07 Å². The van der Waals surface area contributed by atoms with Crippen molar-refractivity contribution in [3.05, 3.63) is 78.1 Å². The van der Waals surface area contributed by atoms with Crippen LogP contribution in [0.25, 0.3) is 0 Å². The highest BCUT2D eigenvalue weighted by atomic mass is 19.1. The van der Waals surface area contributed by atoms with Crippen LogP contribution < -0.4 is 10.6 Å². The topological polar surface area (TPSA) is 88.9 Å². The van der Waals surface area contributed by atoms with Gasteiger partial charge in [0.25, 0.3) is 5.91 Å². The van der Waals surface area contributed by atoms with Gasteiger partial charge in [0.2, 0.25) is 5.91 Å². The third-order valence-corrected chi connectivity index (χ3v) is 3.95. The van der Waals surface area contributed by atoms with Crippen LogP contribution >= 0.6 is 0 Å². The highest BCUT2D eigenvalue weighted by molar-refractivity contribution is 6.04. The van der Waals surface area contributed by atoms with Gasteiger partial charge in [-0.3, -0.25) is 9.59 Å². The maximum Gasteiger partial charge on any atom is 0.255 e. The molecule has 0 radical (unpaired) electrons. The van der Waals surface area contributed by atoms with E-state index in [2.05, 4.69) is 20.7 Å². The van der Waals surface area contributed by atoms with Crippen molar-refractivity contribution in [2.45, 2.75) is 19.5 Å². The van der Waals surface area contributed by atoms with E-state index < -0.39 is 17.8 Å². The zero-order valence-electron chi connectivity index (χ0n) is 14.6. The lowest BCUT2D eigenvalue weighted by Crippen LogP contribution is -2.30. The number of carbonyl (C=O) groups excluding carboxylic acids is 2. The number of rotatable bonds is 6. The van der Waals surface area contributed by atoms with Gasteiger partial charge >= 0.3 is 0 Å². The molecule has 3 aromatic rings. The minimum absolute atomic E-state index is 0.199. The Morgan fingerprint density at radius 2 is 2.00 bits per heavy atom. The van der Waals surface area contributed by atoms with E-state index in [9.17, 15) is 14.0 Å². The van der Waals surface area contributed by atoms with E-state index in [0.717, 1.165) is 5.56 Å². The van der Waals surface area contributed by atoms with Crippen LogP contribution in [0.4, 0.5) is 10.1 Å². The molecular formula is C19H18FN5O2. The van der Waals surface area contributed by atoms with E-state index in [-0.39, 0.29) is 11.5 Å². The second-order valence-corrected chi connectivity index (χ2v) is 5.93. The van der Waals surface area contributed by atoms with E-state index in [4.69, 9.17) is 0 Å². The Morgan fingerprint density at radius 3 is 2.74 bits per heavy atom. The van der Waals surface area contributed by atoms with Gasteiger partial charge in [0.15, 0.2) is 0 Å². The average molecular weight is 367 g/mol. The number of halogens is 1. The first-order chi connectivity index (χ1) is 13.0. The summed E-state index contributed by atoms with van der Waals surface area (Å²) in [7, 11) is 0. The maximum atomic E-state index is 13.2. The standard InChI is InChI=1S/C19H18FN5O2/c1-13(25-12-21-11-23-25)18(26)22-10-14-4-2-7-17(8-14)24-19(27)15-5-3-6-16(20)9-15/h2-9,11-13H,10H2,1H3,(H,22,26)(H,24,27)/t13-/m0/s1. The molecule has 2 N–H and O–H groups in total. The van der Waals surface area contributed by atoms with Crippen LogP contribution in [-0.2, 0) is 11.3 Å². The summed E-state index contributed by atoms with van der Waals surface area (Å²) in [5, 5.41) is 9.48.